The molecule has 0 fully saturated rings. The van der Waals surface area contributed by atoms with E-state index in [-0.39, 0.29) is 17.9 Å². The molecule has 1 unspecified atom stereocenters. The standard InChI is InChI=1S/C13H17NO4/c1-9(12(15)17-2)8-14-11-6-4-5-10(7-11)13(16)18-3/h4-7,9,14H,8H2,1-3H3. The molecule has 0 aliphatic carbocycles. The van der Waals surface area contributed by atoms with E-state index in [0.717, 1.165) is 5.69 Å². The number of benzene rings is 1. The van der Waals surface area contributed by atoms with Crippen LogP contribution in [0.25, 0.3) is 0 Å². The highest BCUT2D eigenvalue weighted by molar-refractivity contribution is 5.90. The lowest BCUT2D eigenvalue weighted by molar-refractivity contribution is -0.144. The number of hydrogen-bond acceptors (Lipinski definition) is 5. The van der Waals surface area contributed by atoms with Gasteiger partial charge in [0.05, 0.1) is 25.7 Å². The Labute approximate surface area is 106 Å². The summed E-state index contributed by atoms with van der Waals surface area (Å²) in [6, 6.07) is 6.91. The fourth-order valence-electron chi connectivity index (χ4n) is 1.43. The number of hydrogen-bond donors (Lipinski definition) is 1. The van der Waals surface area contributed by atoms with Crippen molar-refractivity contribution in [3.8, 4) is 0 Å². The van der Waals surface area contributed by atoms with Crippen LogP contribution in [0.15, 0.2) is 24.3 Å². The highest BCUT2D eigenvalue weighted by Gasteiger charge is 2.12. The maximum Gasteiger partial charge on any atom is 0.337 e. The summed E-state index contributed by atoms with van der Waals surface area (Å²) in [5.41, 5.74) is 1.22. The van der Waals surface area contributed by atoms with Gasteiger partial charge in [-0.25, -0.2) is 4.79 Å². The molecule has 0 saturated carbocycles. The molecule has 0 spiro atoms. The second kappa shape index (κ2) is 6.64. The second-order valence-electron chi connectivity index (χ2n) is 3.88. The lowest BCUT2D eigenvalue weighted by Gasteiger charge is -2.12. The lowest BCUT2D eigenvalue weighted by atomic mass is 10.1. The van der Waals surface area contributed by atoms with E-state index in [0.29, 0.717) is 12.1 Å². The summed E-state index contributed by atoms with van der Waals surface area (Å²) in [4.78, 5) is 22.6. The molecule has 1 N–H and O–H groups in total. The van der Waals surface area contributed by atoms with E-state index in [1.54, 1.807) is 25.1 Å². The third-order valence-electron chi connectivity index (χ3n) is 2.50. The third-order valence-corrected chi connectivity index (χ3v) is 2.50. The van der Waals surface area contributed by atoms with Crippen LogP contribution in [0.5, 0.6) is 0 Å². The normalized spacial score (nSPS) is 11.5. The van der Waals surface area contributed by atoms with Gasteiger partial charge >= 0.3 is 11.9 Å². The van der Waals surface area contributed by atoms with Gasteiger partial charge in [-0.2, -0.15) is 0 Å². The van der Waals surface area contributed by atoms with Crippen molar-refractivity contribution in [2.45, 2.75) is 6.92 Å². The molecule has 1 rings (SSSR count). The topological polar surface area (TPSA) is 64.6 Å². The van der Waals surface area contributed by atoms with E-state index in [4.69, 9.17) is 0 Å². The fourth-order valence-corrected chi connectivity index (χ4v) is 1.43. The minimum Gasteiger partial charge on any atom is -0.469 e. The predicted octanol–water partition coefficient (Wildman–Crippen LogP) is 1.69. The Hall–Kier alpha value is -2.04. The third kappa shape index (κ3) is 3.76. The molecule has 98 valence electrons. The van der Waals surface area contributed by atoms with Gasteiger partial charge in [-0.15, -0.1) is 0 Å². The molecule has 0 aliphatic rings. The molecule has 1 atom stereocenters. The molecular weight excluding hydrogens is 234 g/mol. The second-order valence-corrected chi connectivity index (χ2v) is 3.88. The van der Waals surface area contributed by atoms with E-state index in [9.17, 15) is 9.59 Å². The zero-order valence-electron chi connectivity index (χ0n) is 10.7. The van der Waals surface area contributed by atoms with Crippen molar-refractivity contribution in [3.05, 3.63) is 29.8 Å². The first-order valence-electron chi connectivity index (χ1n) is 5.58. The van der Waals surface area contributed by atoms with Crippen LogP contribution >= 0.6 is 0 Å². The van der Waals surface area contributed by atoms with Gasteiger partial charge in [-0.1, -0.05) is 13.0 Å². The van der Waals surface area contributed by atoms with Crippen molar-refractivity contribution in [1.29, 1.82) is 0 Å². The summed E-state index contributed by atoms with van der Waals surface area (Å²) in [5.74, 6) is -0.914. The van der Waals surface area contributed by atoms with Crippen molar-refractivity contribution < 1.29 is 19.1 Å². The van der Waals surface area contributed by atoms with Crippen LogP contribution in [0.1, 0.15) is 17.3 Å². The van der Waals surface area contributed by atoms with E-state index >= 15 is 0 Å². The average Bonchev–Trinajstić information content (AvgIpc) is 2.43. The summed E-state index contributed by atoms with van der Waals surface area (Å²) >= 11 is 0. The van der Waals surface area contributed by atoms with Crippen molar-refractivity contribution >= 4 is 17.6 Å². The summed E-state index contributed by atoms with van der Waals surface area (Å²) in [6.07, 6.45) is 0. The van der Waals surface area contributed by atoms with Gasteiger partial charge in [0.1, 0.15) is 0 Å². The fraction of sp³-hybridized carbons (Fsp3) is 0.385. The summed E-state index contributed by atoms with van der Waals surface area (Å²) in [7, 11) is 2.69. The van der Waals surface area contributed by atoms with Crippen LogP contribution in [-0.4, -0.2) is 32.7 Å². The molecule has 0 radical (unpaired) electrons. The van der Waals surface area contributed by atoms with Crippen molar-refractivity contribution in [1.82, 2.24) is 0 Å². The summed E-state index contributed by atoms with van der Waals surface area (Å²) in [6.45, 7) is 2.21. The number of carbonyl (C=O) groups is 2. The number of esters is 2. The number of rotatable bonds is 5. The maximum atomic E-state index is 11.3. The molecular formula is C13H17NO4. The molecule has 0 aromatic heterocycles. The van der Waals surface area contributed by atoms with Gasteiger partial charge in [-0.3, -0.25) is 4.79 Å². The van der Waals surface area contributed by atoms with Crippen LogP contribution in [0.3, 0.4) is 0 Å². The molecule has 0 amide bonds. The first-order valence-corrected chi connectivity index (χ1v) is 5.58. The number of nitrogens with one attached hydrogen (secondary N) is 1. The van der Waals surface area contributed by atoms with E-state index in [1.807, 2.05) is 6.07 Å². The van der Waals surface area contributed by atoms with Crippen LogP contribution in [-0.2, 0) is 14.3 Å². The zero-order valence-corrected chi connectivity index (χ0v) is 10.7. The summed E-state index contributed by atoms with van der Waals surface area (Å²) < 4.78 is 9.26. The quantitative estimate of drug-likeness (QED) is 0.807. The van der Waals surface area contributed by atoms with Crippen molar-refractivity contribution in [2.24, 2.45) is 5.92 Å². The highest BCUT2D eigenvalue weighted by Crippen LogP contribution is 2.12. The Bertz CT molecular complexity index is 431. The number of anilines is 1. The molecule has 1 aromatic carbocycles. The van der Waals surface area contributed by atoms with Crippen molar-refractivity contribution in [3.63, 3.8) is 0 Å². The van der Waals surface area contributed by atoms with Crippen LogP contribution in [0.4, 0.5) is 5.69 Å². The smallest absolute Gasteiger partial charge is 0.337 e. The van der Waals surface area contributed by atoms with Gasteiger partial charge in [0.15, 0.2) is 0 Å². The number of methoxy groups -OCH3 is 2. The molecule has 0 bridgehead atoms. The van der Waals surface area contributed by atoms with E-state index in [1.165, 1.54) is 14.2 Å². The monoisotopic (exact) mass is 251 g/mol. The largest absolute Gasteiger partial charge is 0.469 e. The molecule has 0 heterocycles. The molecule has 18 heavy (non-hydrogen) atoms. The Morgan fingerprint density at radius 3 is 2.61 bits per heavy atom. The average molecular weight is 251 g/mol. The van der Waals surface area contributed by atoms with Gasteiger partial charge in [-0.05, 0) is 18.2 Å². The SMILES string of the molecule is COC(=O)c1cccc(NCC(C)C(=O)OC)c1. The Kier molecular flexibility index (Phi) is 5.17. The van der Waals surface area contributed by atoms with E-state index < -0.39 is 0 Å². The molecule has 5 heteroatoms. The van der Waals surface area contributed by atoms with Crippen LogP contribution < -0.4 is 5.32 Å². The Morgan fingerprint density at radius 1 is 1.28 bits per heavy atom. The van der Waals surface area contributed by atoms with Crippen LogP contribution in [0.2, 0.25) is 0 Å². The maximum absolute atomic E-state index is 11.3. The molecule has 5 nitrogen and oxygen atoms in total. The molecule has 0 aliphatic heterocycles. The zero-order chi connectivity index (χ0) is 13.5. The first kappa shape index (κ1) is 14.0. The van der Waals surface area contributed by atoms with E-state index in [2.05, 4.69) is 14.8 Å². The number of carbonyl (C=O) groups excluding carboxylic acids is 2. The highest BCUT2D eigenvalue weighted by atomic mass is 16.5. The minimum absolute atomic E-state index is 0.253. The van der Waals surface area contributed by atoms with Gasteiger partial charge in [0.2, 0.25) is 0 Å². The Balaban J connectivity index is 2.63. The first-order chi connectivity index (χ1) is 8.58. The predicted molar refractivity (Wildman–Crippen MR) is 67.5 cm³/mol. The summed E-state index contributed by atoms with van der Waals surface area (Å²) in [5, 5.41) is 3.07. The van der Waals surface area contributed by atoms with Gasteiger partial charge in [0, 0.05) is 12.2 Å². The Morgan fingerprint density at radius 2 is 2.00 bits per heavy atom. The van der Waals surface area contributed by atoms with Crippen LogP contribution in [0, 0.1) is 5.92 Å². The van der Waals surface area contributed by atoms with Gasteiger partial charge < -0.3 is 14.8 Å². The molecule has 1 aromatic rings. The molecule has 0 saturated heterocycles. The lowest BCUT2D eigenvalue weighted by Crippen LogP contribution is -2.21. The van der Waals surface area contributed by atoms with Gasteiger partial charge in [0.25, 0.3) is 0 Å². The van der Waals surface area contributed by atoms with Crippen molar-refractivity contribution in [2.75, 3.05) is 26.1 Å². The number of ether oxygens (including phenoxy) is 2. The minimum atomic E-state index is -0.389.